The van der Waals surface area contributed by atoms with Crippen LogP contribution in [-0.4, -0.2) is 59.3 Å². The van der Waals surface area contributed by atoms with Crippen molar-refractivity contribution in [2.45, 2.75) is 32.4 Å². The summed E-state index contributed by atoms with van der Waals surface area (Å²) in [6.07, 6.45) is 7.19. The Balaban J connectivity index is 1.65. The van der Waals surface area contributed by atoms with E-state index >= 15 is 0 Å². The normalized spacial score (nSPS) is 16.6. The van der Waals surface area contributed by atoms with Gasteiger partial charge in [0.25, 0.3) is 0 Å². The quantitative estimate of drug-likeness (QED) is 0.636. The van der Waals surface area contributed by atoms with Crippen LogP contribution in [0.1, 0.15) is 26.3 Å². The minimum Gasteiger partial charge on any atom is -0.458 e. The Morgan fingerprint density at radius 3 is 2.93 bits per heavy atom. The smallest absolute Gasteiger partial charge is 0.320 e. The molecule has 3 aromatic rings. The highest BCUT2D eigenvalue weighted by Gasteiger charge is 2.27. The minimum atomic E-state index is -0.169. The first-order valence-electron chi connectivity index (χ1n) is 9.53. The fourth-order valence-electron chi connectivity index (χ4n) is 3.34. The Bertz CT molecular complexity index is 1050. The van der Waals surface area contributed by atoms with Crippen molar-refractivity contribution in [3.63, 3.8) is 0 Å². The van der Waals surface area contributed by atoms with Crippen LogP contribution in [0, 0.1) is 0 Å². The van der Waals surface area contributed by atoms with Gasteiger partial charge in [0, 0.05) is 32.3 Å². The van der Waals surface area contributed by atoms with E-state index in [-0.39, 0.29) is 24.1 Å². The predicted molar refractivity (Wildman–Crippen MR) is 108 cm³/mol. The molecule has 0 radical (unpaired) electrons. The summed E-state index contributed by atoms with van der Waals surface area (Å²) in [5.41, 5.74) is 2.14. The van der Waals surface area contributed by atoms with Gasteiger partial charge in [-0.3, -0.25) is 9.48 Å². The number of amides is 1. The van der Waals surface area contributed by atoms with Crippen molar-refractivity contribution < 1.29 is 9.53 Å². The molecule has 29 heavy (non-hydrogen) atoms. The average Bonchev–Trinajstić information content (AvgIpc) is 3.41. The number of aryl methyl sites for hydroxylation is 1. The van der Waals surface area contributed by atoms with Crippen molar-refractivity contribution in [1.82, 2.24) is 34.2 Å². The molecule has 3 aromatic heterocycles. The number of hydrogen-bond donors (Lipinski definition) is 1. The maximum Gasteiger partial charge on any atom is 0.320 e. The number of nitrogens with zero attached hydrogens (tertiary/aromatic N) is 7. The molecule has 0 aromatic carbocycles. The molecule has 0 spiro atoms. The molecule has 152 valence electrons. The molecule has 4 heterocycles. The van der Waals surface area contributed by atoms with Crippen molar-refractivity contribution in [1.29, 1.82) is 0 Å². The third kappa shape index (κ3) is 3.78. The fourth-order valence-corrected chi connectivity index (χ4v) is 3.34. The number of anilines is 2. The number of fused-ring (bicyclic) bond motifs is 1. The summed E-state index contributed by atoms with van der Waals surface area (Å²) in [5, 5.41) is 7.43. The van der Waals surface area contributed by atoms with Crippen molar-refractivity contribution >= 4 is 28.6 Å². The maximum atomic E-state index is 11.8. The highest BCUT2D eigenvalue weighted by Crippen LogP contribution is 2.27. The molecule has 1 aliphatic heterocycles. The van der Waals surface area contributed by atoms with E-state index in [1.165, 1.54) is 6.08 Å². The third-order valence-electron chi connectivity index (χ3n) is 4.83. The number of imidazole rings is 1. The molecular formula is C19H24N8O2. The molecule has 1 aliphatic rings. The lowest BCUT2D eigenvalue weighted by Gasteiger charge is -2.15. The SMILES string of the molecule is C=CC(=O)N1CC[C@@H](Oc2nc(Nc3cnn(C)c3)c3ncn(C(C)C)c3n2)C1. The van der Waals surface area contributed by atoms with E-state index in [2.05, 4.69) is 45.8 Å². The molecule has 10 nitrogen and oxygen atoms in total. The van der Waals surface area contributed by atoms with E-state index in [4.69, 9.17) is 4.74 Å². The maximum absolute atomic E-state index is 11.8. The second-order valence-corrected chi connectivity index (χ2v) is 7.32. The Hall–Kier alpha value is -3.43. The van der Waals surface area contributed by atoms with Gasteiger partial charge in [-0.15, -0.1) is 0 Å². The van der Waals surface area contributed by atoms with Crippen molar-refractivity contribution in [2.24, 2.45) is 7.05 Å². The number of ether oxygens (including phenoxy) is 1. The lowest BCUT2D eigenvalue weighted by Crippen LogP contribution is -2.29. The molecule has 1 atom stereocenters. The van der Waals surface area contributed by atoms with Gasteiger partial charge in [-0.05, 0) is 19.9 Å². The first kappa shape index (κ1) is 18.9. The summed E-state index contributed by atoms with van der Waals surface area (Å²) in [6, 6.07) is 0.436. The third-order valence-corrected chi connectivity index (χ3v) is 4.83. The average molecular weight is 396 g/mol. The summed E-state index contributed by atoms with van der Waals surface area (Å²) >= 11 is 0. The monoisotopic (exact) mass is 396 g/mol. The molecular weight excluding hydrogens is 372 g/mol. The Morgan fingerprint density at radius 1 is 1.41 bits per heavy atom. The van der Waals surface area contributed by atoms with Crippen LogP contribution in [0.3, 0.4) is 0 Å². The number of carbonyl (C=O) groups is 1. The van der Waals surface area contributed by atoms with E-state index < -0.39 is 0 Å². The van der Waals surface area contributed by atoms with E-state index in [1.54, 1.807) is 22.1 Å². The van der Waals surface area contributed by atoms with Crippen LogP contribution in [0.25, 0.3) is 11.2 Å². The first-order valence-corrected chi connectivity index (χ1v) is 9.53. The van der Waals surface area contributed by atoms with Gasteiger partial charge in [-0.2, -0.15) is 15.1 Å². The Kier molecular flexibility index (Phi) is 4.91. The zero-order valence-electron chi connectivity index (χ0n) is 16.7. The van der Waals surface area contributed by atoms with Gasteiger partial charge in [0.1, 0.15) is 6.10 Å². The lowest BCUT2D eigenvalue weighted by molar-refractivity contribution is -0.125. The highest BCUT2D eigenvalue weighted by atomic mass is 16.5. The van der Waals surface area contributed by atoms with Gasteiger partial charge in [0.2, 0.25) is 5.91 Å². The van der Waals surface area contributed by atoms with Crippen LogP contribution in [0.2, 0.25) is 0 Å². The Morgan fingerprint density at radius 2 is 2.24 bits per heavy atom. The zero-order valence-corrected chi connectivity index (χ0v) is 16.7. The Labute approximate surface area is 168 Å². The number of rotatable bonds is 6. The summed E-state index contributed by atoms with van der Waals surface area (Å²) < 4.78 is 9.72. The molecule has 0 saturated carbocycles. The second-order valence-electron chi connectivity index (χ2n) is 7.32. The van der Waals surface area contributed by atoms with Crippen LogP contribution in [-0.2, 0) is 11.8 Å². The summed E-state index contributed by atoms with van der Waals surface area (Å²) in [5.74, 6) is 0.457. The van der Waals surface area contributed by atoms with Gasteiger partial charge in [-0.1, -0.05) is 6.58 Å². The van der Waals surface area contributed by atoms with Gasteiger partial charge in [0.05, 0.1) is 24.8 Å². The van der Waals surface area contributed by atoms with Gasteiger partial charge >= 0.3 is 6.01 Å². The summed E-state index contributed by atoms with van der Waals surface area (Å²) in [6.45, 7) is 8.78. The van der Waals surface area contributed by atoms with Gasteiger partial charge in [-0.25, -0.2) is 4.98 Å². The number of likely N-dealkylation sites (tertiary alicyclic amines) is 1. The van der Waals surface area contributed by atoms with Crippen LogP contribution in [0.5, 0.6) is 6.01 Å². The lowest BCUT2D eigenvalue weighted by atomic mass is 10.3. The summed E-state index contributed by atoms with van der Waals surface area (Å²) in [4.78, 5) is 27.2. The number of carbonyl (C=O) groups excluding carboxylic acids is 1. The number of nitrogens with one attached hydrogen (secondary N) is 1. The van der Waals surface area contributed by atoms with E-state index in [0.717, 1.165) is 12.1 Å². The van der Waals surface area contributed by atoms with E-state index in [1.807, 2.05) is 17.8 Å². The number of hydrogen-bond acceptors (Lipinski definition) is 7. The molecule has 0 aliphatic carbocycles. The molecule has 1 amide bonds. The van der Waals surface area contributed by atoms with Crippen molar-refractivity contribution in [2.75, 3.05) is 18.4 Å². The largest absolute Gasteiger partial charge is 0.458 e. The predicted octanol–water partition coefficient (Wildman–Crippen LogP) is 2.05. The highest BCUT2D eigenvalue weighted by molar-refractivity contribution is 5.87. The van der Waals surface area contributed by atoms with Crippen molar-refractivity contribution in [3.8, 4) is 6.01 Å². The van der Waals surface area contributed by atoms with Crippen LogP contribution in [0.4, 0.5) is 11.5 Å². The standard InChI is InChI=1S/C19H24N8O2/c1-5-15(28)26-7-6-14(10-26)29-19-23-17(22-13-8-21-25(4)9-13)16-18(24-19)27(11-20-16)12(2)3/h5,8-9,11-12,14H,1,6-7,10H2,2-4H3,(H,22,23,24)/t14-/m1/s1. The van der Waals surface area contributed by atoms with Crippen LogP contribution >= 0.6 is 0 Å². The summed E-state index contributed by atoms with van der Waals surface area (Å²) in [7, 11) is 1.85. The van der Waals surface area contributed by atoms with Gasteiger partial charge in [0.15, 0.2) is 17.0 Å². The van der Waals surface area contributed by atoms with E-state index in [0.29, 0.717) is 30.1 Å². The van der Waals surface area contributed by atoms with Crippen LogP contribution < -0.4 is 10.1 Å². The minimum absolute atomic E-state index is 0.0933. The molecule has 1 N–H and O–H groups in total. The van der Waals surface area contributed by atoms with Gasteiger partial charge < -0.3 is 19.5 Å². The molecule has 0 unspecified atom stereocenters. The molecule has 0 bridgehead atoms. The van der Waals surface area contributed by atoms with Crippen molar-refractivity contribution in [3.05, 3.63) is 31.4 Å². The fraction of sp³-hybridized carbons (Fsp3) is 0.421. The molecule has 4 rings (SSSR count). The zero-order chi connectivity index (χ0) is 20.5. The number of aromatic nitrogens is 6. The first-order chi connectivity index (χ1) is 13.9. The molecule has 1 fully saturated rings. The molecule has 10 heteroatoms. The van der Waals surface area contributed by atoms with E-state index in [9.17, 15) is 4.79 Å². The van der Waals surface area contributed by atoms with Crippen LogP contribution in [0.15, 0.2) is 31.4 Å². The molecule has 1 saturated heterocycles. The topological polar surface area (TPSA) is 103 Å². The second kappa shape index (κ2) is 7.53.